The van der Waals surface area contributed by atoms with Crippen LogP contribution < -0.4 is 5.73 Å². The summed E-state index contributed by atoms with van der Waals surface area (Å²) < 4.78 is 13.8. The number of benzene rings is 1. The highest BCUT2D eigenvalue weighted by molar-refractivity contribution is 6.31. The minimum Gasteiger partial charge on any atom is -0.329 e. The molecule has 1 aliphatic heterocycles. The van der Waals surface area contributed by atoms with Gasteiger partial charge >= 0.3 is 0 Å². The highest BCUT2D eigenvalue weighted by Crippen LogP contribution is 2.31. The molecule has 1 aliphatic rings. The van der Waals surface area contributed by atoms with Gasteiger partial charge in [-0.3, -0.25) is 4.90 Å². The lowest BCUT2D eigenvalue weighted by atomic mass is 10.0. The molecule has 0 aliphatic carbocycles. The molecular weight excluding hydrogens is 227 g/mol. The van der Waals surface area contributed by atoms with Gasteiger partial charge < -0.3 is 5.73 Å². The molecule has 2 N–H and O–H groups in total. The topological polar surface area (TPSA) is 29.3 Å². The van der Waals surface area contributed by atoms with Crippen LogP contribution >= 0.6 is 11.6 Å². The number of rotatable bonds is 3. The fourth-order valence-electron chi connectivity index (χ4n) is 2.33. The Balaban J connectivity index is 2.32. The summed E-state index contributed by atoms with van der Waals surface area (Å²) in [5.74, 6) is -0.255. The van der Waals surface area contributed by atoms with Gasteiger partial charge in [-0.25, -0.2) is 4.39 Å². The predicted octanol–water partition coefficient (Wildman–Crippen LogP) is 2.57. The van der Waals surface area contributed by atoms with E-state index in [4.69, 9.17) is 17.3 Å². The number of nitrogens with zero attached hydrogens (tertiary/aromatic N) is 1. The zero-order valence-corrected chi connectivity index (χ0v) is 9.88. The summed E-state index contributed by atoms with van der Waals surface area (Å²) in [5.41, 5.74) is 6.31. The van der Waals surface area contributed by atoms with Crippen LogP contribution in [0.25, 0.3) is 0 Å². The van der Waals surface area contributed by atoms with E-state index >= 15 is 0 Å². The molecule has 1 aromatic carbocycles. The third-order valence-corrected chi connectivity index (χ3v) is 3.47. The smallest absolute Gasteiger partial charge is 0.129 e. The summed E-state index contributed by atoms with van der Waals surface area (Å²) >= 11 is 6.06. The van der Waals surface area contributed by atoms with Crippen LogP contribution in [-0.2, 0) is 0 Å². The molecule has 1 saturated heterocycles. The molecule has 0 aromatic heterocycles. The molecule has 1 unspecified atom stereocenters. The summed E-state index contributed by atoms with van der Waals surface area (Å²) in [6.45, 7) is 2.36. The van der Waals surface area contributed by atoms with E-state index in [2.05, 4.69) is 4.90 Å². The molecule has 16 heavy (non-hydrogen) atoms. The zero-order valence-electron chi connectivity index (χ0n) is 9.13. The lowest BCUT2D eigenvalue weighted by molar-refractivity contribution is 0.246. The molecule has 4 heteroatoms. The molecule has 0 amide bonds. The zero-order chi connectivity index (χ0) is 11.5. The number of nitrogens with two attached hydrogens (primary N) is 1. The van der Waals surface area contributed by atoms with Crippen molar-refractivity contribution in [1.29, 1.82) is 0 Å². The van der Waals surface area contributed by atoms with Crippen molar-refractivity contribution in [2.75, 3.05) is 19.6 Å². The van der Waals surface area contributed by atoms with Gasteiger partial charge in [-0.2, -0.15) is 0 Å². The van der Waals surface area contributed by atoms with Gasteiger partial charge in [0, 0.05) is 17.1 Å². The van der Waals surface area contributed by atoms with E-state index < -0.39 is 0 Å². The van der Waals surface area contributed by atoms with E-state index in [1.165, 1.54) is 6.07 Å². The van der Waals surface area contributed by atoms with Gasteiger partial charge in [-0.05, 0) is 38.1 Å². The molecule has 0 saturated carbocycles. The van der Waals surface area contributed by atoms with Crippen molar-refractivity contribution in [3.8, 4) is 0 Å². The quantitative estimate of drug-likeness (QED) is 0.883. The maximum Gasteiger partial charge on any atom is 0.129 e. The minimum absolute atomic E-state index is 0.0869. The Hall–Kier alpha value is -0.640. The second kappa shape index (κ2) is 5.13. The number of hydrogen-bond donors (Lipinski definition) is 1. The standard InChI is InChI=1S/C12H16ClFN2/c13-9-4-3-5-10(14)12(9)11(8-15)16-6-1-2-7-16/h3-5,11H,1-2,6-8,15H2. The van der Waals surface area contributed by atoms with Crippen molar-refractivity contribution in [3.05, 3.63) is 34.6 Å². The Labute approximate surface area is 100 Å². The minimum atomic E-state index is -0.255. The van der Waals surface area contributed by atoms with Gasteiger partial charge in [-0.1, -0.05) is 17.7 Å². The van der Waals surface area contributed by atoms with Crippen LogP contribution in [0.15, 0.2) is 18.2 Å². The number of hydrogen-bond acceptors (Lipinski definition) is 2. The first-order valence-electron chi connectivity index (χ1n) is 5.62. The van der Waals surface area contributed by atoms with Crippen LogP contribution in [0.1, 0.15) is 24.4 Å². The third kappa shape index (κ3) is 2.21. The average molecular weight is 243 g/mol. The fraction of sp³-hybridized carbons (Fsp3) is 0.500. The Morgan fingerprint density at radius 2 is 2.06 bits per heavy atom. The van der Waals surface area contributed by atoms with Gasteiger partial charge in [0.25, 0.3) is 0 Å². The van der Waals surface area contributed by atoms with Crippen molar-refractivity contribution in [1.82, 2.24) is 4.90 Å². The molecule has 2 rings (SSSR count). The van der Waals surface area contributed by atoms with Crippen molar-refractivity contribution in [2.24, 2.45) is 5.73 Å². The first kappa shape index (κ1) is 11.8. The summed E-state index contributed by atoms with van der Waals surface area (Å²) in [7, 11) is 0. The van der Waals surface area contributed by atoms with Crippen molar-refractivity contribution in [2.45, 2.75) is 18.9 Å². The molecule has 88 valence electrons. The largest absolute Gasteiger partial charge is 0.329 e. The average Bonchev–Trinajstić information content (AvgIpc) is 2.77. The van der Waals surface area contributed by atoms with E-state index in [1.807, 2.05) is 0 Å². The first-order chi connectivity index (χ1) is 7.74. The van der Waals surface area contributed by atoms with Gasteiger partial charge in [0.1, 0.15) is 5.82 Å². The first-order valence-corrected chi connectivity index (χ1v) is 6.00. The van der Waals surface area contributed by atoms with Crippen LogP contribution in [0.3, 0.4) is 0 Å². The second-order valence-corrected chi connectivity index (χ2v) is 4.54. The monoisotopic (exact) mass is 242 g/mol. The highest BCUT2D eigenvalue weighted by atomic mass is 35.5. The van der Waals surface area contributed by atoms with Crippen molar-refractivity contribution in [3.63, 3.8) is 0 Å². The summed E-state index contributed by atoms with van der Waals surface area (Å²) in [6.07, 6.45) is 2.31. The Morgan fingerprint density at radius 1 is 1.38 bits per heavy atom. The maximum absolute atomic E-state index is 13.8. The Morgan fingerprint density at radius 3 is 2.62 bits per heavy atom. The Kier molecular flexibility index (Phi) is 3.79. The molecule has 2 nitrogen and oxygen atoms in total. The van der Waals surface area contributed by atoms with E-state index in [0.29, 0.717) is 17.1 Å². The molecule has 0 radical (unpaired) electrons. The molecule has 0 bridgehead atoms. The summed E-state index contributed by atoms with van der Waals surface area (Å²) in [4.78, 5) is 2.21. The second-order valence-electron chi connectivity index (χ2n) is 4.13. The lowest BCUT2D eigenvalue weighted by Gasteiger charge is -2.27. The summed E-state index contributed by atoms with van der Waals surface area (Å²) in [6, 6.07) is 4.70. The van der Waals surface area contributed by atoms with E-state index in [-0.39, 0.29) is 11.9 Å². The van der Waals surface area contributed by atoms with Gasteiger partial charge in [-0.15, -0.1) is 0 Å². The number of halogens is 2. The molecule has 1 fully saturated rings. The molecular formula is C12H16ClFN2. The molecule has 0 spiro atoms. The van der Waals surface area contributed by atoms with Crippen LogP contribution in [0.2, 0.25) is 5.02 Å². The molecule has 1 aromatic rings. The van der Waals surface area contributed by atoms with Gasteiger partial charge in [0.05, 0.1) is 6.04 Å². The van der Waals surface area contributed by atoms with E-state index in [0.717, 1.165) is 25.9 Å². The molecule has 1 heterocycles. The predicted molar refractivity (Wildman–Crippen MR) is 64.0 cm³/mol. The third-order valence-electron chi connectivity index (χ3n) is 3.14. The van der Waals surface area contributed by atoms with Crippen molar-refractivity contribution >= 4 is 11.6 Å². The Bertz CT molecular complexity index is 344. The van der Waals surface area contributed by atoms with Gasteiger partial charge in [0.2, 0.25) is 0 Å². The van der Waals surface area contributed by atoms with Crippen LogP contribution in [0, 0.1) is 5.82 Å². The normalized spacial score (nSPS) is 18.9. The van der Waals surface area contributed by atoms with Crippen LogP contribution in [-0.4, -0.2) is 24.5 Å². The van der Waals surface area contributed by atoms with Crippen LogP contribution in [0.5, 0.6) is 0 Å². The lowest BCUT2D eigenvalue weighted by Crippen LogP contribution is -2.32. The van der Waals surface area contributed by atoms with Crippen molar-refractivity contribution < 1.29 is 4.39 Å². The molecule has 1 atom stereocenters. The fourth-order valence-corrected chi connectivity index (χ4v) is 2.62. The van der Waals surface area contributed by atoms with Gasteiger partial charge in [0.15, 0.2) is 0 Å². The van der Waals surface area contributed by atoms with Crippen LogP contribution in [0.4, 0.5) is 4.39 Å². The van der Waals surface area contributed by atoms with E-state index in [9.17, 15) is 4.39 Å². The SMILES string of the molecule is NCC(c1c(F)cccc1Cl)N1CCCC1. The van der Waals surface area contributed by atoms with E-state index in [1.54, 1.807) is 12.1 Å². The maximum atomic E-state index is 13.8. The number of likely N-dealkylation sites (tertiary alicyclic amines) is 1. The highest BCUT2D eigenvalue weighted by Gasteiger charge is 2.26. The summed E-state index contributed by atoms with van der Waals surface area (Å²) in [5, 5.41) is 0.474.